The van der Waals surface area contributed by atoms with Crippen molar-refractivity contribution in [2.75, 3.05) is 18.4 Å². The van der Waals surface area contributed by atoms with E-state index in [4.69, 9.17) is 0 Å². The molecule has 3 aromatic carbocycles. The van der Waals surface area contributed by atoms with Crippen LogP contribution in [0.2, 0.25) is 0 Å². The van der Waals surface area contributed by atoms with Crippen molar-refractivity contribution in [3.05, 3.63) is 78.4 Å². The topological polar surface area (TPSA) is 41.1 Å². The van der Waals surface area contributed by atoms with E-state index in [1.807, 2.05) is 24.3 Å². The van der Waals surface area contributed by atoms with Crippen LogP contribution in [0.25, 0.3) is 10.8 Å². The molecule has 0 spiro atoms. The van der Waals surface area contributed by atoms with Gasteiger partial charge in [-0.05, 0) is 41.3 Å². The SMILES string of the molecule is O=C(CNc1ccc2ccccc2c1)NCC1(c2ccccc2)CC1. The van der Waals surface area contributed by atoms with E-state index in [2.05, 4.69) is 59.2 Å². The Kier molecular flexibility index (Phi) is 4.14. The molecule has 3 heteroatoms. The second-order valence-corrected chi connectivity index (χ2v) is 6.84. The molecule has 25 heavy (non-hydrogen) atoms. The number of anilines is 1. The molecule has 1 amide bonds. The summed E-state index contributed by atoms with van der Waals surface area (Å²) in [6.45, 7) is 1.01. The zero-order chi connectivity index (χ0) is 17.1. The van der Waals surface area contributed by atoms with Gasteiger partial charge in [-0.15, -0.1) is 0 Å². The van der Waals surface area contributed by atoms with Crippen LogP contribution in [-0.2, 0) is 10.2 Å². The minimum atomic E-state index is 0.0374. The van der Waals surface area contributed by atoms with Crippen molar-refractivity contribution >= 4 is 22.4 Å². The maximum absolute atomic E-state index is 12.2. The molecule has 126 valence electrons. The monoisotopic (exact) mass is 330 g/mol. The van der Waals surface area contributed by atoms with Crippen molar-refractivity contribution in [2.24, 2.45) is 0 Å². The molecule has 0 bridgehead atoms. The molecule has 0 radical (unpaired) electrons. The molecule has 0 saturated heterocycles. The predicted octanol–water partition coefficient (Wildman–Crippen LogP) is 4.10. The lowest BCUT2D eigenvalue weighted by Gasteiger charge is -2.17. The average molecular weight is 330 g/mol. The zero-order valence-electron chi connectivity index (χ0n) is 14.2. The number of amides is 1. The van der Waals surface area contributed by atoms with E-state index in [0.717, 1.165) is 25.1 Å². The summed E-state index contributed by atoms with van der Waals surface area (Å²) in [6.07, 6.45) is 2.30. The first-order valence-electron chi connectivity index (χ1n) is 8.80. The summed E-state index contributed by atoms with van der Waals surface area (Å²) in [5.41, 5.74) is 2.45. The van der Waals surface area contributed by atoms with Crippen LogP contribution in [0.1, 0.15) is 18.4 Å². The first-order valence-corrected chi connectivity index (χ1v) is 8.80. The summed E-state index contributed by atoms with van der Waals surface area (Å²) in [6, 6.07) is 24.9. The van der Waals surface area contributed by atoms with Crippen molar-refractivity contribution in [1.82, 2.24) is 5.32 Å². The van der Waals surface area contributed by atoms with E-state index >= 15 is 0 Å². The van der Waals surface area contributed by atoms with Crippen LogP contribution in [0.15, 0.2) is 72.8 Å². The summed E-state index contributed by atoms with van der Waals surface area (Å²) in [4.78, 5) is 12.2. The molecule has 0 atom stereocenters. The van der Waals surface area contributed by atoms with E-state index in [9.17, 15) is 4.79 Å². The molecule has 3 aromatic rings. The summed E-state index contributed by atoms with van der Waals surface area (Å²) in [7, 11) is 0. The first-order chi connectivity index (χ1) is 12.3. The first kappa shape index (κ1) is 15.7. The van der Waals surface area contributed by atoms with Gasteiger partial charge in [-0.2, -0.15) is 0 Å². The Morgan fingerprint density at radius 1 is 0.880 bits per heavy atom. The van der Waals surface area contributed by atoms with Crippen LogP contribution >= 0.6 is 0 Å². The highest BCUT2D eigenvalue weighted by Gasteiger charge is 2.44. The van der Waals surface area contributed by atoms with Crippen LogP contribution in [0, 0.1) is 0 Å². The van der Waals surface area contributed by atoms with Gasteiger partial charge in [0.1, 0.15) is 0 Å². The third-order valence-electron chi connectivity index (χ3n) is 5.07. The Bertz CT molecular complexity index is 885. The van der Waals surface area contributed by atoms with Crippen molar-refractivity contribution in [2.45, 2.75) is 18.3 Å². The molecule has 0 unspecified atom stereocenters. The fraction of sp³-hybridized carbons (Fsp3) is 0.227. The Hall–Kier alpha value is -2.81. The quantitative estimate of drug-likeness (QED) is 0.714. The highest BCUT2D eigenvalue weighted by Crippen LogP contribution is 2.47. The van der Waals surface area contributed by atoms with Gasteiger partial charge in [-0.25, -0.2) is 0 Å². The van der Waals surface area contributed by atoms with Gasteiger partial charge >= 0.3 is 0 Å². The molecule has 0 aliphatic heterocycles. The molecule has 1 aliphatic rings. The maximum atomic E-state index is 12.2. The van der Waals surface area contributed by atoms with Gasteiger partial charge in [0.2, 0.25) is 5.91 Å². The second kappa shape index (κ2) is 6.60. The number of nitrogens with one attached hydrogen (secondary N) is 2. The molecule has 1 saturated carbocycles. The summed E-state index contributed by atoms with van der Waals surface area (Å²) < 4.78 is 0. The van der Waals surface area contributed by atoms with E-state index in [1.165, 1.54) is 16.3 Å². The number of benzene rings is 3. The summed E-state index contributed by atoms with van der Waals surface area (Å²) in [5, 5.41) is 8.69. The average Bonchev–Trinajstić information content (AvgIpc) is 3.46. The van der Waals surface area contributed by atoms with E-state index in [-0.39, 0.29) is 11.3 Å². The molecule has 3 nitrogen and oxygen atoms in total. The van der Waals surface area contributed by atoms with Crippen LogP contribution in [-0.4, -0.2) is 19.0 Å². The zero-order valence-corrected chi connectivity index (χ0v) is 14.2. The summed E-state index contributed by atoms with van der Waals surface area (Å²) >= 11 is 0. The maximum Gasteiger partial charge on any atom is 0.239 e. The molecule has 0 heterocycles. The van der Waals surface area contributed by atoms with Crippen molar-refractivity contribution in [3.8, 4) is 0 Å². The smallest absolute Gasteiger partial charge is 0.239 e. The minimum Gasteiger partial charge on any atom is -0.376 e. The van der Waals surface area contributed by atoms with Gasteiger partial charge in [0.25, 0.3) is 0 Å². The van der Waals surface area contributed by atoms with Crippen LogP contribution < -0.4 is 10.6 Å². The van der Waals surface area contributed by atoms with Crippen molar-refractivity contribution < 1.29 is 4.79 Å². The molecule has 4 rings (SSSR count). The van der Waals surface area contributed by atoms with E-state index in [1.54, 1.807) is 0 Å². The molecular weight excluding hydrogens is 308 g/mol. The third-order valence-corrected chi connectivity index (χ3v) is 5.07. The minimum absolute atomic E-state index is 0.0374. The van der Waals surface area contributed by atoms with Gasteiger partial charge in [-0.3, -0.25) is 4.79 Å². The van der Waals surface area contributed by atoms with Crippen LogP contribution in [0.4, 0.5) is 5.69 Å². The lowest BCUT2D eigenvalue weighted by atomic mass is 9.96. The fourth-order valence-corrected chi connectivity index (χ4v) is 3.32. The molecule has 0 aromatic heterocycles. The lowest BCUT2D eigenvalue weighted by Crippen LogP contribution is -2.35. The Labute approximate surface area is 148 Å². The number of fused-ring (bicyclic) bond motifs is 1. The van der Waals surface area contributed by atoms with Crippen molar-refractivity contribution in [3.63, 3.8) is 0 Å². The third kappa shape index (κ3) is 3.50. The predicted molar refractivity (Wildman–Crippen MR) is 103 cm³/mol. The lowest BCUT2D eigenvalue weighted by molar-refractivity contribution is -0.119. The second-order valence-electron chi connectivity index (χ2n) is 6.84. The molecule has 1 aliphatic carbocycles. The summed E-state index contributed by atoms with van der Waals surface area (Å²) in [5.74, 6) is 0.0374. The standard InChI is InChI=1S/C22H22N2O/c25-21(24-16-22(12-13-22)19-8-2-1-3-9-19)15-23-20-11-10-17-6-4-5-7-18(17)14-20/h1-11,14,23H,12-13,15-16H2,(H,24,25). The molecule has 2 N–H and O–H groups in total. The van der Waals surface area contributed by atoms with Gasteiger partial charge in [0.15, 0.2) is 0 Å². The Morgan fingerprint density at radius 2 is 1.60 bits per heavy atom. The number of rotatable bonds is 6. The normalized spacial score (nSPS) is 14.9. The Balaban J connectivity index is 1.32. The number of hydrogen-bond acceptors (Lipinski definition) is 2. The molecular formula is C22H22N2O. The van der Waals surface area contributed by atoms with Gasteiger partial charge < -0.3 is 10.6 Å². The number of carbonyl (C=O) groups excluding carboxylic acids is 1. The Morgan fingerprint density at radius 3 is 2.36 bits per heavy atom. The molecule has 1 fully saturated rings. The van der Waals surface area contributed by atoms with Gasteiger partial charge in [0, 0.05) is 17.6 Å². The van der Waals surface area contributed by atoms with Gasteiger partial charge in [0.05, 0.1) is 6.54 Å². The van der Waals surface area contributed by atoms with Crippen LogP contribution in [0.3, 0.4) is 0 Å². The fourth-order valence-electron chi connectivity index (χ4n) is 3.32. The largest absolute Gasteiger partial charge is 0.376 e. The van der Waals surface area contributed by atoms with E-state index < -0.39 is 0 Å². The highest BCUT2D eigenvalue weighted by atomic mass is 16.1. The van der Waals surface area contributed by atoms with Gasteiger partial charge in [-0.1, -0.05) is 60.7 Å². The van der Waals surface area contributed by atoms with Crippen molar-refractivity contribution in [1.29, 1.82) is 0 Å². The highest BCUT2D eigenvalue weighted by molar-refractivity contribution is 5.87. The van der Waals surface area contributed by atoms with E-state index in [0.29, 0.717) is 6.54 Å². The van der Waals surface area contributed by atoms with Crippen LogP contribution in [0.5, 0.6) is 0 Å². The number of hydrogen-bond donors (Lipinski definition) is 2. The number of carbonyl (C=O) groups is 1.